The first-order chi connectivity index (χ1) is 16.1. The second kappa shape index (κ2) is 8.93. The van der Waals surface area contributed by atoms with Gasteiger partial charge in [0, 0.05) is 24.0 Å². The summed E-state index contributed by atoms with van der Waals surface area (Å²) in [6.45, 7) is 9.56. The molecule has 2 amide bonds. The van der Waals surface area contributed by atoms with Gasteiger partial charge in [-0.05, 0) is 52.3 Å². The number of hydrogen-bond acceptors (Lipinski definition) is 6. The summed E-state index contributed by atoms with van der Waals surface area (Å²) in [5.41, 5.74) is 2.92. The Morgan fingerprint density at radius 1 is 1.15 bits per heavy atom. The molecular formula is C23H25FN8O2. The van der Waals surface area contributed by atoms with Crippen molar-refractivity contribution >= 4 is 17.4 Å². The van der Waals surface area contributed by atoms with Crippen molar-refractivity contribution in [2.45, 2.75) is 40.2 Å². The molecule has 3 N–H and O–H groups in total. The molecule has 0 spiro atoms. The van der Waals surface area contributed by atoms with E-state index in [4.69, 9.17) is 4.74 Å². The van der Waals surface area contributed by atoms with Crippen LogP contribution in [0.3, 0.4) is 0 Å². The number of benzene rings is 1. The summed E-state index contributed by atoms with van der Waals surface area (Å²) >= 11 is 0. The van der Waals surface area contributed by atoms with Crippen molar-refractivity contribution in [3.63, 3.8) is 0 Å². The van der Waals surface area contributed by atoms with E-state index >= 15 is 0 Å². The van der Waals surface area contributed by atoms with Crippen LogP contribution in [-0.2, 0) is 5.54 Å². The highest BCUT2D eigenvalue weighted by atomic mass is 19.1. The summed E-state index contributed by atoms with van der Waals surface area (Å²) in [5.74, 6) is -0.298. The van der Waals surface area contributed by atoms with Gasteiger partial charge >= 0.3 is 12.0 Å². The quantitative estimate of drug-likeness (QED) is 0.382. The van der Waals surface area contributed by atoms with Crippen LogP contribution in [0.25, 0.3) is 11.3 Å². The number of amides is 2. The van der Waals surface area contributed by atoms with Crippen LogP contribution in [0.5, 0.6) is 11.8 Å². The first-order valence-electron chi connectivity index (χ1n) is 10.5. The number of aryl methyl sites for hydroxylation is 1. The van der Waals surface area contributed by atoms with Gasteiger partial charge in [-0.2, -0.15) is 15.2 Å². The van der Waals surface area contributed by atoms with Crippen LogP contribution in [0.1, 0.15) is 32.0 Å². The largest absolute Gasteiger partial charge is 0.424 e. The van der Waals surface area contributed by atoms with E-state index in [1.807, 2.05) is 27.7 Å². The van der Waals surface area contributed by atoms with Gasteiger partial charge in [0.2, 0.25) is 0 Å². The molecule has 11 heteroatoms. The molecule has 0 saturated carbocycles. The lowest BCUT2D eigenvalue weighted by atomic mass is 10.1. The molecule has 0 radical (unpaired) electrons. The normalized spacial score (nSPS) is 11.4. The van der Waals surface area contributed by atoms with Gasteiger partial charge in [0.15, 0.2) is 0 Å². The van der Waals surface area contributed by atoms with Crippen molar-refractivity contribution in [3.8, 4) is 23.0 Å². The summed E-state index contributed by atoms with van der Waals surface area (Å²) < 4.78 is 22.2. The third-order valence-corrected chi connectivity index (χ3v) is 5.03. The van der Waals surface area contributed by atoms with Crippen LogP contribution in [0.15, 0.2) is 43.0 Å². The first-order valence-corrected chi connectivity index (χ1v) is 10.5. The number of aromatic nitrogens is 6. The van der Waals surface area contributed by atoms with Gasteiger partial charge < -0.3 is 15.4 Å². The van der Waals surface area contributed by atoms with E-state index in [2.05, 4.69) is 35.9 Å². The summed E-state index contributed by atoms with van der Waals surface area (Å²) in [5, 5.41) is 16.2. The Morgan fingerprint density at radius 2 is 1.91 bits per heavy atom. The number of anilines is 2. The maximum absolute atomic E-state index is 14.6. The van der Waals surface area contributed by atoms with Gasteiger partial charge in [0.05, 0.1) is 40.7 Å². The second-order valence-electron chi connectivity index (χ2n) is 8.72. The minimum atomic E-state index is -0.608. The molecule has 176 valence electrons. The average molecular weight is 465 g/mol. The van der Waals surface area contributed by atoms with Crippen LogP contribution in [0.4, 0.5) is 20.6 Å². The highest BCUT2D eigenvalue weighted by Crippen LogP contribution is 2.30. The molecule has 0 fully saturated rings. The van der Waals surface area contributed by atoms with Crippen LogP contribution in [0.2, 0.25) is 0 Å². The first kappa shape index (κ1) is 22.9. The Hall–Kier alpha value is -4.28. The van der Waals surface area contributed by atoms with Crippen LogP contribution >= 0.6 is 0 Å². The predicted molar refractivity (Wildman–Crippen MR) is 125 cm³/mol. The van der Waals surface area contributed by atoms with Crippen LogP contribution in [0, 0.1) is 19.7 Å². The van der Waals surface area contributed by atoms with E-state index < -0.39 is 11.8 Å². The summed E-state index contributed by atoms with van der Waals surface area (Å²) in [4.78, 5) is 21.1. The number of carbonyl (C=O) groups is 1. The number of urea groups is 1. The molecule has 0 unspecified atom stereocenters. The van der Waals surface area contributed by atoms with E-state index in [1.54, 1.807) is 42.5 Å². The molecule has 4 rings (SSSR count). The van der Waals surface area contributed by atoms with Gasteiger partial charge in [-0.1, -0.05) is 0 Å². The zero-order valence-corrected chi connectivity index (χ0v) is 19.5. The van der Waals surface area contributed by atoms with E-state index in [0.29, 0.717) is 22.7 Å². The third kappa shape index (κ3) is 4.87. The van der Waals surface area contributed by atoms with Crippen molar-refractivity contribution in [2.75, 3.05) is 10.6 Å². The Balaban J connectivity index is 1.52. The number of nitrogens with one attached hydrogen (secondary N) is 3. The Labute approximate surface area is 195 Å². The number of ether oxygens (including phenoxy) is 1. The van der Waals surface area contributed by atoms with Crippen molar-refractivity contribution in [1.82, 2.24) is 29.9 Å². The average Bonchev–Trinajstić information content (AvgIpc) is 3.42. The smallest absolute Gasteiger partial charge is 0.323 e. The number of hydrogen-bond donors (Lipinski definition) is 3. The van der Waals surface area contributed by atoms with Gasteiger partial charge in [0.1, 0.15) is 11.6 Å². The van der Waals surface area contributed by atoms with Gasteiger partial charge in [-0.3, -0.25) is 9.78 Å². The van der Waals surface area contributed by atoms with E-state index in [9.17, 15) is 9.18 Å². The highest BCUT2D eigenvalue weighted by Gasteiger charge is 2.20. The maximum atomic E-state index is 14.6. The number of aromatic amines is 1. The molecule has 34 heavy (non-hydrogen) atoms. The molecule has 0 atom stereocenters. The minimum Gasteiger partial charge on any atom is -0.424 e. The van der Waals surface area contributed by atoms with E-state index in [-0.39, 0.29) is 17.2 Å². The molecule has 10 nitrogen and oxygen atoms in total. The zero-order chi connectivity index (χ0) is 24.5. The number of nitrogens with zero attached hydrogens (tertiary/aromatic N) is 5. The van der Waals surface area contributed by atoms with Crippen molar-refractivity contribution < 1.29 is 13.9 Å². The molecule has 3 aromatic heterocycles. The molecule has 0 aliphatic rings. The number of H-pyrrole nitrogens is 1. The van der Waals surface area contributed by atoms with Gasteiger partial charge in [0.25, 0.3) is 0 Å². The summed E-state index contributed by atoms with van der Waals surface area (Å²) in [6, 6.07) is 3.85. The highest BCUT2D eigenvalue weighted by molar-refractivity contribution is 6.00. The fourth-order valence-electron chi connectivity index (χ4n) is 3.38. The predicted octanol–water partition coefficient (Wildman–Crippen LogP) is 5.01. The van der Waals surface area contributed by atoms with Crippen molar-refractivity contribution in [2.24, 2.45) is 0 Å². The lowest BCUT2D eigenvalue weighted by molar-refractivity contribution is 0.262. The second-order valence-corrected chi connectivity index (χ2v) is 8.72. The molecule has 3 heterocycles. The molecule has 1 aromatic carbocycles. The zero-order valence-electron chi connectivity index (χ0n) is 19.5. The lowest BCUT2D eigenvalue weighted by Gasteiger charge is -2.21. The molecule has 0 aliphatic carbocycles. The van der Waals surface area contributed by atoms with Crippen molar-refractivity contribution in [3.05, 3.63) is 60.1 Å². The van der Waals surface area contributed by atoms with Crippen molar-refractivity contribution in [1.29, 1.82) is 0 Å². The fourth-order valence-corrected chi connectivity index (χ4v) is 3.38. The molecule has 0 aliphatic heterocycles. The number of rotatable bonds is 5. The topological polar surface area (TPSA) is 123 Å². The number of carbonyl (C=O) groups excluding carboxylic acids is 1. The number of halogens is 1. The van der Waals surface area contributed by atoms with E-state index in [1.165, 1.54) is 12.1 Å². The standard InChI is InChI=1S/C23H25FN8O2/c1-13-8-16(24)18(29-21(33)30-19-12-28-32(14(19)2)23(3,4)5)9-20(13)34-22-25-7-6-17(31-22)15-10-26-27-11-15/h6-12H,1-5H3,(H,26,27)(H2,29,30,33). The monoisotopic (exact) mass is 464 g/mol. The molecule has 0 bridgehead atoms. The Morgan fingerprint density at radius 3 is 2.59 bits per heavy atom. The van der Waals surface area contributed by atoms with Crippen LogP contribution in [-0.4, -0.2) is 36.0 Å². The third-order valence-electron chi connectivity index (χ3n) is 5.03. The maximum Gasteiger partial charge on any atom is 0.323 e. The molecular weight excluding hydrogens is 439 g/mol. The van der Waals surface area contributed by atoms with E-state index in [0.717, 1.165) is 11.3 Å². The summed E-state index contributed by atoms with van der Waals surface area (Å²) in [6.07, 6.45) is 6.44. The van der Waals surface area contributed by atoms with Gasteiger partial charge in [-0.25, -0.2) is 14.2 Å². The molecule has 0 saturated heterocycles. The lowest BCUT2D eigenvalue weighted by Crippen LogP contribution is -2.25. The van der Waals surface area contributed by atoms with Gasteiger partial charge in [-0.15, -0.1) is 0 Å². The minimum absolute atomic E-state index is 0.0510. The van der Waals surface area contributed by atoms with Crippen LogP contribution < -0.4 is 15.4 Å². The summed E-state index contributed by atoms with van der Waals surface area (Å²) in [7, 11) is 0. The molecule has 4 aromatic rings. The SMILES string of the molecule is Cc1cc(F)c(NC(=O)Nc2cnn(C(C)(C)C)c2C)cc1Oc1nccc(-c2cn[nH]c2)n1. The Bertz CT molecular complexity index is 1330. The Kier molecular flexibility index (Phi) is 6.01. The fraction of sp³-hybridized carbons (Fsp3) is 0.261.